The maximum atomic E-state index is 14.5. The van der Waals surface area contributed by atoms with Gasteiger partial charge >= 0.3 is 0 Å². The van der Waals surface area contributed by atoms with Gasteiger partial charge in [-0.25, -0.2) is 0 Å². The highest BCUT2D eigenvalue weighted by molar-refractivity contribution is 5.98. The Labute approximate surface area is 242 Å². The van der Waals surface area contributed by atoms with E-state index in [1.807, 2.05) is 48.5 Å². The summed E-state index contributed by atoms with van der Waals surface area (Å²) in [5, 5.41) is 0. The number of pyridine rings is 2. The highest BCUT2D eigenvalue weighted by atomic mass is 16.5. The molecule has 0 saturated carbocycles. The van der Waals surface area contributed by atoms with Crippen LogP contribution in [0.1, 0.15) is 66.5 Å². The molecule has 1 amide bonds. The number of carbonyl (C=O) groups is 1. The summed E-state index contributed by atoms with van der Waals surface area (Å²) in [6.45, 7) is 4.99. The molecule has 0 aliphatic heterocycles. The molecule has 1 aliphatic carbocycles. The van der Waals surface area contributed by atoms with E-state index in [-0.39, 0.29) is 18.4 Å². The van der Waals surface area contributed by atoms with E-state index in [0.29, 0.717) is 24.3 Å². The van der Waals surface area contributed by atoms with Crippen molar-refractivity contribution in [2.24, 2.45) is 0 Å². The summed E-state index contributed by atoms with van der Waals surface area (Å²) in [7, 11) is 3.14. The zero-order valence-corrected chi connectivity index (χ0v) is 24.2. The number of hydrogen-bond donors (Lipinski definition) is 0. The minimum atomic E-state index is -0.305. The molecule has 0 spiro atoms. The van der Waals surface area contributed by atoms with Crippen LogP contribution in [0.2, 0.25) is 0 Å². The van der Waals surface area contributed by atoms with Gasteiger partial charge in [-0.1, -0.05) is 56.3 Å². The fourth-order valence-electron chi connectivity index (χ4n) is 5.36. The number of fused-ring (bicyclic) bond motifs is 1. The number of hydrogen-bond acceptors (Lipinski definition) is 6. The number of nitrogens with zero attached hydrogens (tertiary/aromatic N) is 3. The van der Waals surface area contributed by atoms with E-state index in [0.717, 1.165) is 58.6 Å². The number of rotatable bonds is 10. The Bertz CT molecular complexity index is 1470. The minimum Gasteiger partial charge on any atom is -0.489 e. The Balaban J connectivity index is 1.48. The molecular weight excluding hydrogens is 514 g/mol. The van der Waals surface area contributed by atoms with E-state index in [9.17, 15) is 4.79 Å². The molecule has 4 aromatic rings. The maximum absolute atomic E-state index is 14.5. The molecule has 2 heterocycles. The second-order valence-corrected chi connectivity index (χ2v) is 10.6. The fourth-order valence-corrected chi connectivity index (χ4v) is 5.36. The van der Waals surface area contributed by atoms with Crippen LogP contribution in [0.3, 0.4) is 0 Å². The Morgan fingerprint density at radius 1 is 0.976 bits per heavy atom. The molecule has 0 N–H and O–H groups in total. The molecular formula is C34H37N3O4. The molecule has 1 atom stereocenters. The Hall–Kier alpha value is -4.39. The van der Waals surface area contributed by atoms with Crippen molar-refractivity contribution in [1.29, 1.82) is 0 Å². The molecule has 0 radical (unpaired) electrons. The number of aromatic nitrogens is 2. The average molecular weight is 552 g/mol. The summed E-state index contributed by atoms with van der Waals surface area (Å²) in [6.07, 6.45) is 4.34. The molecule has 0 saturated heterocycles. The molecule has 212 valence electrons. The van der Waals surface area contributed by atoms with Gasteiger partial charge in [0.25, 0.3) is 0 Å². The van der Waals surface area contributed by atoms with Crippen LogP contribution in [0.4, 0.5) is 5.69 Å². The first-order chi connectivity index (χ1) is 20.0. The number of ether oxygens (including phenoxy) is 3. The molecule has 1 aliphatic rings. The van der Waals surface area contributed by atoms with Crippen LogP contribution in [-0.4, -0.2) is 30.1 Å². The van der Waals surface area contributed by atoms with Crippen LogP contribution < -0.4 is 19.1 Å². The van der Waals surface area contributed by atoms with Crippen LogP contribution in [0.5, 0.6) is 17.5 Å². The van der Waals surface area contributed by atoms with Gasteiger partial charge in [0.1, 0.15) is 12.4 Å². The SMILES string of the molecule is COc1ccc(CN(C(=O)C2CCCc3c(OCc4ccccc4)cccc32)c2ccc(C(C)C)nc2)c(OC)n1. The quantitative estimate of drug-likeness (QED) is 0.215. The Morgan fingerprint density at radius 2 is 1.80 bits per heavy atom. The van der Waals surface area contributed by atoms with Crippen molar-refractivity contribution in [2.45, 2.75) is 58.1 Å². The van der Waals surface area contributed by atoms with E-state index in [1.165, 1.54) is 0 Å². The molecule has 41 heavy (non-hydrogen) atoms. The highest BCUT2D eigenvalue weighted by Gasteiger charge is 2.33. The summed E-state index contributed by atoms with van der Waals surface area (Å²) in [5.74, 6) is 1.73. The van der Waals surface area contributed by atoms with Gasteiger partial charge < -0.3 is 19.1 Å². The zero-order valence-electron chi connectivity index (χ0n) is 24.2. The van der Waals surface area contributed by atoms with Crippen molar-refractivity contribution in [3.63, 3.8) is 0 Å². The number of amides is 1. The molecule has 7 nitrogen and oxygen atoms in total. The van der Waals surface area contributed by atoms with Crippen LogP contribution in [0.25, 0.3) is 0 Å². The summed E-state index contributed by atoms with van der Waals surface area (Å²) in [5.41, 5.74) is 5.76. The largest absolute Gasteiger partial charge is 0.489 e. The molecule has 0 fully saturated rings. The minimum absolute atomic E-state index is 0.0168. The summed E-state index contributed by atoms with van der Waals surface area (Å²) >= 11 is 0. The lowest BCUT2D eigenvalue weighted by Gasteiger charge is -2.32. The predicted octanol–water partition coefficient (Wildman–Crippen LogP) is 6.85. The van der Waals surface area contributed by atoms with Crippen molar-refractivity contribution in [2.75, 3.05) is 19.1 Å². The van der Waals surface area contributed by atoms with E-state index in [2.05, 4.69) is 42.0 Å². The normalized spacial score (nSPS) is 14.3. The lowest BCUT2D eigenvalue weighted by Crippen LogP contribution is -2.36. The molecule has 2 aromatic carbocycles. The Kier molecular flexibility index (Phi) is 8.82. The number of benzene rings is 2. The monoisotopic (exact) mass is 551 g/mol. The van der Waals surface area contributed by atoms with Crippen molar-refractivity contribution in [1.82, 2.24) is 9.97 Å². The molecule has 7 heteroatoms. The smallest absolute Gasteiger partial charge is 0.234 e. The van der Waals surface area contributed by atoms with Crippen LogP contribution >= 0.6 is 0 Å². The summed E-state index contributed by atoms with van der Waals surface area (Å²) < 4.78 is 17.1. The van der Waals surface area contributed by atoms with Crippen LogP contribution in [0, 0.1) is 0 Å². The highest BCUT2D eigenvalue weighted by Crippen LogP contribution is 2.39. The number of methoxy groups -OCH3 is 2. The van der Waals surface area contributed by atoms with Gasteiger partial charge in [-0.05, 0) is 66.1 Å². The third-order valence-corrected chi connectivity index (χ3v) is 7.58. The fraction of sp³-hybridized carbons (Fsp3) is 0.324. The number of carbonyl (C=O) groups excluding carboxylic acids is 1. The first-order valence-electron chi connectivity index (χ1n) is 14.1. The van der Waals surface area contributed by atoms with E-state index in [4.69, 9.17) is 14.2 Å². The third kappa shape index (κ3) is 6.35. The van der Waals surface area contributed by atoms with Crippen molar-refractivity contribution < 1.29 is 19.0 Å². The van der Waals surface area contributed by atoms with Gasteiger partial charge in [-0.2, -0.15) is 4.98 Å². The molecule has 0 bridgehead atoms. The van der Waals surface area contributed by atoms with Crippen LogP contribution in [0.15, 0.2) is 79.0 Å². The van der Waals surface area contributed by atoms with Crippen LogP contribution in [-0.2, 0) is 24.4 Å². The van der Waals surface area contributed by atoms with Gasteiger partial charge in [0.2, 0.25) is 17.7 Å². The van der Waals surface area contributed by atoms with Gasteiger partial charge in [-0.15, -0.1) is 0 Å². The second-order valence-electron chi connectivity index (χ2n) is 10.6. The lowest BCUT2D eigenvalue weighted by molar-refractivity contribution is -0.120. The predicted molar refractivity (Wildman–Crippen MR) is 160 cm³/mol. The van der Waals surface area contributed by atoms with Gasteiger partial charge in [0, 0.05) is 17.3 Å². The van der Waals surface area contributed by atoms with Crippen molar-refractivity contribution >= 4 is 11.6 Å². The summed E-state index contributed by atoms with van der Waals surface area (Å²) in [4.78, 5) is 25.4. The van der Waals surface area contributed by atoms with Gasteiger partial charge in [0.15, 0.2) is 0 Å². The maximum Gasteiger partial charge on any atom is 0.234 e. The van der Waals surface area contributed by atoms with Gasteiger partial charge in [-0.3, -0.25) is 9.78 Å². The lowest BCUT2D eigenvalue weighted by atomic mass is 9.81. The molecule has 1 unspecified atom stereocenters. The van der Waals surface area contributed by atoms with E-state index < -0.39 is 0 Å². The zero-order chi connectivity index (χ0) is 28.8. The Morgan fingerprint density at radius 3 is 2.51 bits per heavy atom. The molecule has 5 rings (SSSR count). The first kappa shape index (κ1) is 28.1. The number of anilines is 1. The average Bonchev–Trinajstić information content (AvgIpc) is 3.02. The van der Waals surface area contributed by atoms with E-state index >= 15 is 0 Å². The standard InChI is InChI=1S/C34H37N3O4/c1-23(2)30-18-17-26(20-35-30)37(21-25-16-19-32(39-3)36-33(25)40-4)34(38)29-14-8-13-28-27(29)12-9-15-31(28)41-22-24-10-6-5-7-11-24/h5-7,9-12,15-20,23,29H,8,13-14,21-22H2,1-4H3. The second kappa shape index (κ2) is 12.9. The summed E-state index contributed by atoms with van der Waals surface area (Å²) in [6, 6.07) is 23.9. The van der Waals surface area contributed by atoms with Gasteiger partial charge in [0.05, 0.1) is 38.6 Å². The topological polar surface area (TPSA) is 73.8 Å². The third-order valence-electron chi connectivity index (χ3n) is 7.58. The molecule has 2 aromatic heterocycles. The van der Waals surface area contributed by atoms with Crippen molar-refractivity contribution in [3.05, 3.63) is 107 Å². The van der Waals surface area contributed by atoms with E-state index in [1.54, 1.807) is 31.4 Å². The van der Waals surface area contributed by atoms with Crippen molar-refractivity contribution in [3.8, 4) is 17.5 Å². The first-order valence-corrected chi connectivity index (χ1v) is 14.1.